The van der Waals surface area contributed by atoms with Gasteiger partial charge in [0.2, 0.25) is 5.91 Å². The van der Waals surface area contributed by atoms with Crippen LogP contribution in [0.15, 0.2) is 12.7 Å². The molecular weight excluding hydrogens is 279 g/mol. The van der Waals surface area contributed by atoms with Gasteiger partial charge < -0.3 is 9.80 Å². The fourth-order valence-corrected chi connectivity index (χ4v) is 2.50. The Bertz CT molecular complexity index is 218. The lowest BCUT2D eigenvalue weighted by Gasteiger charge is -2.46. The summed E-state index contributed by atoms with van der Waals surface area (Å²) in [6, 6.07) is 0.362. The Morgan fingerprint density at radius 1 is 1.77 bits per heavy atom. The molecule has 3 nitrogen and oxygen atoms in total. The van der Waals surface area contributed by atoms with E-state index in [9.17, 15) is 4.79 Å². The fraction of sp³-hybridized carbons (Fsp3) is 0.667. The molecule has 0 spiro atoms. The summed E-state index contributed by atoms with van der Waals surface area (Å²) in [6.45, 7) is 5.30. The van der Waals surface area contributed by atoms with Gasteiger partial charge in [-0.1, -0.05) is 29.2 Å². The van der Waals surface area contributed by atoms with Crippen molar-refractivity contribution in [3.05, 3.63) is 12.7 Å². The molecule has 4 heteroatoms. The average molecular weight is 294 g/mol. The highest BCUT2D eigenvalue weighted by molar-refractivity contribution is 14.1. The molecule has 0 unspecified atom stereocenters. The van der Waals surface area contributed by atoms with Gasteiger partial charge in [0.15, 0.2) is 0 Å². The maximum Gasteiger partial charge on any atom is 0.246 e. The van der Waals surface area contributed by atoms with Gasteiger partial charge in [0, 0.05) is 13.1 Å². The van der Waals surface area contributed by atoms with Crippen molar-refractivity contribution < 1.29 is 4.79 Å². The second-order valence-electron chi connectivity index (χ2n) is 3.54. The molecule has 0 aromatic carbocycles. The van der Waals surface area contributed by atoms with E-state index in [-0.39, 0.29) is 5.91 Å². The average Bonchev–Trinajstić information content (AvgIpc) is 2.09. The highest BCUT2D eigenvalue weighted by Crippen LogP contribution is 2.26. The zero-order valence-corrected chi connectivity index (χ0v) is 10.2. The largest absolute Gasteiger partial charge is 0.333 e. The maximum atomic E-state index is 11.3. The van der Waals surface area contributed by atoms with Crippen LogP contribution in [-0.4, -0.2) is 52.9 Å². The molecule has 1 saturated heterocycles. The highest BCUT2D eigenvalue weighted by Gasteiger charge is 2.39. The third-order valence-corrected chi connectivity index (χ3v) is 3.42. The van der Waals surface area contributed by atoms with Gasteiger partial charge in [-0.05, 0) is 20.2 Å². The minimum Gasteiger partial charge on any atom is -0.333 e. The molecule has 0 aromatic heterocycles. The minimum absolute atomic E-state index is 0.0553. The monoisotopic (exact) mass is 294 g/mol. The van der Waals surface area contributed by atoms with Crippen molar-refractivity contribution in [3.8, 4) is 0 Å². The van der Waals surface area contributed by atoms with E-state index >= 15 is 0 Å². The van der Waals surface area contributed by atoms with Crippen molar-refractivity contribution >= 4 is 28.5 Å². The predicted octanol–water partition coefficient (Wildman–Crippen LogP) is 0.748. The molecule has 13 heavy (non-hydrogen) atoms. The van der Waals surface area contributed by atoms with Crippen molar-refractivity contribution in [2.24, 2.45) is 0 Å². The summed E-state index contributed by atoms with van der Waals surface area (Å²) in [5.74, 6) is 0.0553. The van der Waals surface area contributed by atoms with E-state index in [0.29, 0.717) is 9.97 Å². The topological polar surface area (TPSA) is 23.6 Å². The summed E-state index contributed by atoms with van der Waals surface area (Å²) < 4.78 is 0.587. The third kappa shape index (κ3) is 2.43. The Kier molecular flexibility index (Phi) is 3.73. The SMILES string of the molecule is C=CC(=O)N1C[C@@H](I)[C@@H]1CN(C)C. The quantitative estimate of drug-likeness (QED) is 0.436. The van der Waals surface area contributed by atoms with Crippen molar-refractivity contribution in [2.75, 3.05) is 27.2 Å². The van der Waals surface area contributed by atoms with Crippen molar-refractivity contribution in [1.82, 2.24) is 9.80 Å². The number of rotatable bonds is 3. The van der Waals surface area contributed by atoms with Gasteiger partial charge in [-0.3, -0.25) is 4.79 Å². The standard InChI is InChI=1S/C9H15IN2O/c1-4-9(13)12-5-7(10)8(12)6-11(2)3/h4,7-8H,1,5-6H2,2-3H3/t7-,8+/m1/s1. The molecule has 0 saturated carbocycles. The van der Waals surface area contributed by atoms with E-state index in [1.54, 1.807) is 0 Å². The van der Waals surface area contributed by atoms with Crippen LogP contribution in [0.2, 0.25) is 0 Å². The molecule has 1 amide bonds. The van der Waals surface area contributed by atoms with Gasteiger partial charge in [0.05, 0.1) is 9.97 Å². The number of hydrogen-bond acceptors (Lipinski definition) is 2. The molecule has 1 rings (SSSR count). The lowest BCUT2D eigenvalue weighted by Crippen LogP contribution is -2.62. The molecule has 0 aromatic rings. The molecule has 74 valence electrons. The van der Waals surface area contributed by atoms with Crippen LogP contribution in [0.4, 0.5) is 0 Å². The first kappa shape index (κ1) is 11.0. The molecule has 1 heterocycles. The highest BCUT2D eigenvalue weighted by atomic mass is 127. The van der Waals surface area contributed by atoms with E-state index in [1.807, 2.05) is 19.0 Å². The smallest absolute Gasteiger partial charge is 0.246 e. The van der Waals surface area contributed by atoms with Crippen LogP contribution in [0, 0.1) is 0 Å². The van der Waals surface area contributed by atoms with Crippen molar-refractivity contribution in [2.45, 2.75) is 9.97 Å². The van der Waals surface area contributed by atoms with E-state index in [2.05, 4.69) is 34.1 Å². The van der Waals surface area contributed by atoms with Gasteiger partial charge in [-0.15, -0.1) is 0 Å². The Hall–Kier alpha value is -0.100. The Morgan fingerprint density at radius 3 is 2.77 bits per heavy atom. The number of amides is 1. The Balaban J connectivity index is 2.50. The van der Waals surface area contributed by atoms with Gasteiger partial charge in [0.25, 0.3) is 0 Å². The first-order valence-electron chi connectivity index (χ1n) is 4.28. The molecule has 0 bridgehead atoms. The molecule has 1 aliphatic heterocycles. The van der Waals surface area contributed by atoms with Crippen LogP contribution in [0.25, 0.3) is 0 Å². The summed E-state index contributed by atoms with van der Waals surface area (Å²) in [7, 11) is 4.05. The van der Waals surface area contributed by atoms with Crippen LogP contribution >= 0.6 is 22.6 Å². The zero-order chi connectivity index (χ0) is 10.0. The Morgan fingerprint density at radius 2 is 2.38 bits per heavy atom. The molecule has 0 radical (unpaired) electrons. The van der Waals surface area contributed by atoms with Crippen LogP contribution in [-0.2, 0) is 4.79 Å². The third-order valence-electron chi connectivity index (χ3n) is 2.20. The molecule has 0 aliphatic carbocycles. The number of alkyl halides is 1. The number of halogens is 1. The number of nitrogens with zero attached hydrogens (tertiary/aromatic N) is 2. The Labute approximate surface area is 92.9 Å². The van der Waals surface area contributed by atoms with Gasteiger partial charge in [-0.25, -0.2) is 0 Å². The predicted molar refractivity (Wildman–Crippen MR) is 62.1 cm³/mol. The lowest BCUT2D eigenvalue weighted by molar-refractivity contribution is -0.132. The summed E-state index contributed by atoms with van der Waals surface area (Å²) in [6.07, 6.45) is 1.39. The lowest BCUT2D eigenvalue weighted by atomic mass is 10.0. The van der Waals surface area contributed by atoms with E-state index in [1.165, 1.54) is 6.08 Å². The van der Waals surface area contributed by atoms with Crippen LogP contribution < -0.4 is 0 Å². The second kappa shape index (κ2) is 4.41. The summed E-state index contributed by atoms with van der Waals surface area (Å²) in [5.41, 5.74) is 0. The number of likely N-dealkylation sites (tertiary alicyclic amines) is 1. The van der Waals surface area contributed by atoms with Crippen LogP contribution in [0.5, 0.6) is 0 Å². The van der Waals surface area contributed by atoms with E-state index in [0.717, 1.165) is 13.1 Å². The van der Waals surface area contributed by atoms with Crippen LogP contribution in [0.1, 0.15) is 0 Å². The number of likely N-dealkylation sites (N-methyl/N-ethyl adjacent to an activating group) is 1. The summed E-state index contributed by atoms with van der Waals surface area (Å²) in [5, 5.41) is 0. The molecule has 0 N–H and O–H groups in total. The fourth-order valence-electron chi connectivity index (χ4n) is 1.46. The van der Waals surface area contributed by atoms with Gasteiger partial charge in [-0.2, -0.15) is 0 Å². The first-order chi connectivity index (χ1) is 6.06. The van der Waals surface area contributed by atoms with Crippen molar-refractivity contribution in [1.29, 1.82) is 0 Å². The summed E-state index contributed by atoms with van der Waals surface area (Å²) in [4.78, 5) is 15.3. The molecule has 1 fully saturated rings. The zero-order valence-electron chi connectivity index (χ0n) is 8.03. The minimum atomic E-state index is 0.0553. The summed E-state index contributed by atoms with van der Waals surface area (Å²) >= 11 is 2.40. The first-order valence-corrected chi connectivity index (χ1v) is 5.52. The van der Waals surface area contributed by atoms with Crippen LogP contribution in [0.3, 0.4) is 0 Å². The van der Waals surface area contributed by atoms with E-state index in [4.69, 9.17) is 0 Å². The van der Waals surface area contributed by atoms with Gasteiger partial charge in [0.1, 0.15) is 0 Å². The van der Waals surface area contributed by atoms with E-state index < -0.39 is 0 Å². The van der Waals surface area contributed by atoms with Crippen molar-refractivity contribution in [3.63, 3.8) is 0 Å². The number of carbonyl (C=O) groups excluding carboxylic acids is 1. The number of carbonyl (C=O) groups is 1. The van der Waals surface area contributed by atoms with Gasteiger partial charge >= 0.3 is 0 Å². The normalized spacial score (nSPS) is 27.2. The molecule has 1 aliphatic rings. The second-order valence-corrected chi connectivity index (χ2v) is 5.14. The molecule has 2 atom stereocenters. The molecular formula is C9H15IN2O. The maximum absolute atomic E-state index is 11.3. The number of hydrogen-bond donors (Lipinski definition) is 0.